The van der Waals surface area contributed by atoms with E-state index in [1.54, 1.807) is 12.0 Å². The predicted molar refractivity (Wildman–Crippen MR) is 129 cm³/mol. The van der Waals surface area contributed by atoms with E-state index in [-0.39, 0.29) is 17.6 Å². The lowest BCUT2D eigenvalue weighted by molar-refractivity contribution is -0.139. The third-order valence-corrected chi connectivity index (χ3v) is 6.03. The molecule has 0 aromatic heterocycles. The first kappa shape index (κ1) is 25.1. The van der Waals surface area contributed by atoms with Crippen LogP contribution < -0.4 is 10.1 Å². The van der Waals surface area contributed by atoms with Crippen LogP contribution in [0.25, 0.3) is 0 Å². The molecule has 5 nitrogen and oxygen atoms in total. The molecule has 7 heteroatoms. The van der Waals surface area contributed by atoms with Crippen LogP contribution in [-0.2, 0) is 21.9 Å². The van der Waals surface area contributed by atoms with Crippen molar-refractivity contribution < 1.29 is 14.3 Å². The number of ether oxygens (including phenoxy) is 1. The highest BCUT2D eigenvalue weighted by atomic mass is 35.5. The summed E-state index contributed by atoms with van der Waals surface area (Å²) in [6, 6.07) is 14.7. The number of thioether (sulfide) groups is 1. The van der Waals surface area contributed by atoms with E-state index in [0.29, 0.717) is 30.3 Å². The van der Waals surface area contributed by atoms with E-state index in [4.69, 9.17) is 16.3 Å². The molecule has 1 atom stereocenters. The van der Waals surface area contributed by atoms with Gasteiger partial charge in [0.1, 0.15) is 11.8 Å². The first-order valence-corrected chi connectivity index (χ1v) is 12.0. The van der Waals surface area contributed by atoms with Crippen LogP contribution in [0.1, 0.15) is 37.8 Å². The number of methoxy groups -OCH3 is 1. The average molecular weight is 463 g/mol. The highest BCUT2D eigenvalue weighted by molar-refractivity contribution is 7.99. The van der Waals surface area contributed by atoms with Gasteiger partial charge in [-0.3, -0.25) is 9.59 Å². The van der Waals surface area contributed by atoms with Crippen molar-refractivity contribution >= 4 is 35.2 Å². The lowest BCUT2D eigenvalue weighted by atomic mass is 10.1. The number of nitrogens with zero attached hydrogens (tertiary/aromatic N) is 1. The Morgan fingerprint density at radius 3 is 2.55 bits per heavy atom. The van der Waals surface area contributed by atoms with Crippen molar-refractivity contribution in [2.45, 2.75) is 45.0 Å². The summed E-state index contributed by atoms with van der Waals surface area (Å²) in [7, 11) is 1.61. The lowest BCUT2D eigenvalue weighted by Crippen LogP contribution is -2.49. The number of amides is 2. The molecule has 168 valence electrons. The summed E-state index contributed by atoms with van der Waals surface area (Å²) in [5, 5.41) is 3.62. The Morgan fingerprint density at radius 2 is 1.87 bits per heavy atom. The highest BCUT2D eigenvalue weighted by Crippen LogP contribution is 2.20. The SMILES string of the molecule is CCCNC(=O)[C@H](CC)N(Cc1cccc(OC)c1)C(=O)CSCc1cccc(Cl)c1. The molecule has 2 rings (SSSR count). The van der Waals surface area contributed by atoms with Crippen molar-refractivity contribution in [2.24, 2.45) is 0 Å². The summed E-state index contributed by atoms with van der Waals surface area (Å²) >= 11 is 7.57. The van der Waals surface area contributed by atoms with Gasteiger partial charge in [0.05, 0.1) is 12.9 Å². The molecule has 0 radical (unpaired) electrons. The largest absolute Gasteiger partial charge is 0.497 e. The summed E-state index contributed by atoms with van der Waals surface area (Å²) < 4.78 is 5.31. The normalized spacial score (nSPS) is 11.6. The van der Waals surface area contributed by atoms with Gasteiger partial charge in [0, 0.05) is 23.9 Å². The van der Waals surface area contributed by atoms with Crippen LogP contribution in [0, 0.1) is 0 Å². The van der Waals surface area contributed by atoms with Gasteiger partial charge in [-0.25, -0.2) is 0 Å². The Balaban J connectivity index is 2.13. The van der Waals surface area contributed by atoms with Gasteiger partial charge in [-0.15, -0.1) is 11.8 Å². The third kappa shape index (κ3) is 8.11. The van der Waals surface area contributed by atoms with Gasteiger partial charge >= 0.3 is 0 Å². The number of rotatable bonds is 12. The molecule has 2 amide bonds. The topological polar surface area (TPSA) is 58.6 Å². The number of benzene rings is 2. The van der Waals surface area contributed by atoms with Crippen LogP contribution in [0.3, 0.4) is 0 Å². The lowest BCUT2D eigenvalue weighted by Gasteiger charge is -2.30. The molecule has 2 aromatic rings. The van der Waals surface area contributed by atoms with Crippen LogP contribution in [0.5, 0.6) is 5.75 Å². The van der Waals surface area contributed by atoms with E-state index in [1.165, 1.54) is 11.8 Å². The Bertz CT molecular complexity index is 862. The van der Waals surface area contributed by atoms with Crippen LogP contribution in [0.15, 0.2) is 48.5 Å². The fourth-order valence-electron chi connectivity index (χ4n) is 3.22. The van der Waals surface area contributed by atoms with E-state index >= 15 is 0 Å². The van der Waals surface area contributed by atoms with Gasteiger partial charge < -0.3 is 15.0 Å². The molecule has 0 saturated heterocycles. The highest BCUT2D eigenvalue weighted by Gasteiger charge is 2.28. The zero-order valence-corrected chi connectivity index (χ0v) is 20.0. The maximum atomic E-state index is 13.2. The van der Waals surface area contributed by atoms with Crippen LogP contribution in [0.4, 0.5) is 0 Å². The number of carbonyl (C=O) groups excluding carboxylic acids is 2. The summed E-state index contributed by atoms with van der Waals surface area (Å²) in [4.78, 5) is 27.7. The summed E-state index contributed by atoms with van der Waals surface area (Å²) in [6.07, 6.45) is 1.39. The van der Waals surface area contributed by atoms with Crippen LogP contribution in [0.2, 0.25) is 5.02 Å². The monoisotopic (exact) mass is 462 g/mol. The fourth-order valence-corrected chi connectivity index (χ4v) is 4.29. The second-order valence-electron chi connectivity index (χ2n) is 7.21. The number of hydrogen-bond donors (Lipinski definition) is 1. The first-order chi connectivity index (χ1) is 15.0. The Kier molecular flexibility index (Phi) is 10.7. The maximum Gasteiger partial charge on any atom is 0.242 e. The minimum Gasteiger partial charge on any atom is -0.497 e. The third-order valence-electron chi connectivity index (χ3n) is 4.81. The molecule has 0 heterocycles. The number of halogens is 1. The second-order valence-corrected chi connectivity index (χ2v) is 8.63. The minimum atomic E-state index is -0.517. The van der Waals surface area contributed by atoms with Gasteiger partial charge in [-0.05, 0) is 48.2 Å². The molecule has 2 aromatic carbocycles. The maximum absolute atomic E-state index is 13.2. The molecule has 31 heavy (non-hydrogen) atoms. The van der Waals surface area contributed by atoms with Gasteiger partial charge in [-0.2, -0.15) is 0 Å². The molecule has 0 spiro atoms. The van der Waals surface area contributed by atoms with Gasteiger partial charge in [0.15, 0.2) is 0 Å². The van der Waals surface area contributed by atoms with Crippen molar-refractivity contribution in [2.75, 3.05) is 19.4 Å². The summed E-state index contributed by atoms with van der Waals surface area (Å²) in [5.41, 5.74) is 1.99. The predicted octanol–water partition coefficient (Wildman–Crippen LogP) is 4.92. The van der Waals surface area contributed by atoms with Gasteiger partial charge in [-0.1, -0.05) is 49.7 Å². The van der Waals surface area contributed by atoms with Crippen molar-refractivity contribution in [3.63, 3.8) is 0 Å². The second kappa shape index (κ2) is 13.3. The molecule has 0 aliphatic carbocycles. The average Bonchev–Trinajstić information content (AvgIpc) is 2.77. The van der Waals surface area contributed by atoms with Gasteiger partial charge in [0.25, 0.3) is 0 Å². The Morgan fingerprint density at radius 1 is 1.13 bits per heavy atom. The summed E-state index contributed by atoms with van der Waals surface area (Å²) in [6.45, 7) is 4.89. The number of carbonyl (C=O) groups is 2. The van der Waals surface area contributed by atoms with Crippen LogP contribution in [-0.4, -0.2) is 42.2 Å². The molecule has 1 N–H and O–H groups in total. The molecule has 0 aliphatic heterocycles. The van der Waals surface area contributed by atoms with E-state index in [9.17, 15) is 9.59 Å². The zero-order chi connectivity index (χ0) is 22.6. The molecule has 0 saturated carbocycles. The standard InChI is InChI=1S/C24H31ClN2O3S/c1-4-12-26-24(29)22(5-2)27(15-18-8-7-11-21(14-18)30-3)23(28)17-31-16-19-9-6-10-20(25)13-19/h6-11,13-14,22H,4-5,12,15-17H2,1-3H3,(H,26,29)/t22-/m0/s1. The fraction of sp³-hybridized carbons (Fsp3) is 0.417. The van der Waals surface area contributed by atoms with E-state index < -0.39 is 6.04 Å². The van der Waals surface area contributed by atoms with Crippen molar-refractivity contribution in [1.29, 1.82) is 0 Å². The van der Waals surface area contributed by atoms with E-state index in [2.05, 4.69) is 5.32 Å². The number of hydrogen-bond acceptors (Lipinski definition) is 4. The number of nitrogens with one attached hydrogen (secondary N) is 1. The first-order valence-electron chi connectivity index (χ1n) is 10.5. The molecule has 0 bridgehead atoms. The van der Waals surface area contributed by atoms with Gasteiger partial charge in [0.2, 0.25) is 11.8 Å². The molecule has 0 unspecified atom stereocenters. The smallest absolute Gasteiger partial charge is 0.242 e. The van der Waals surface area contributed by atoms with E-state index in [0.717, 1.165) is 23.3 Å². The quantitative estimate of drug-likeness (QED) is 0.486. The Labute approximate surface area is 194 Å². The molecule has 0 fully saturated rings. The minimum absolute atomic E-state index is 0.0617. The van der Waals surface area contributed by atoms with Crippen molar-refractivity contribution in [1.82, 2.24) is 10.2 Å². The molecular weight excluding hydrogens is 432 g/mol. The van der Waals surface area contributed by atoms with Crippen molar-refractivity contribution in [3.05, 3.63) is 64.7 Å². The summed E-state index contributed by atoms with van der Waals surface area (Å²) in [5.74, 6) is 1.52. The Hall–Kier alpha value is -2.18. The van der Waals surface area contributed by atoms with Crippen molar-refractivity contribution in [3.8, 4) is 5.75 Å². The zero-order valence-electron chi connectivity index (χ0n) is 18.4. The molecular formula is C24H31ClN2O3S. The molecule has 0 aliphatic rings. The van der Waals surface area contributed by atoms with Crippen LogP contribution >= 0.6 is 23.4 Å². The van der Waals surface area contributed by atoms with E-state index in [1.807, 2.05) is 62.4 Å².